The number of thioether (sulfide) groups is 1. The number of methoxy groups -OCH3 is 1. The zero-order valence-corrected chi connectivity index (χ0v) is 14.3. The lowest BCUT2D eigenvalue weighted by molar-refractivity contribution is -0.118. The van der Waals surface area contributed by atoms with E-state index in [2.05, 4.69) is 15.5 Å². The fourth-order valence-electron chi connectivity index (χ4n) is 2.26. The molecule has 0 bridgehead atoms. The topological polar surface area (TPSA) is 63.1 Å². The lowest BCUT2D eigenvalue weighted by Gasteiger charge is -2.04. The number of carbonyl (C=O) groups excluding carboxylic acids is 1. The Balaban J connectivity index is 1.60. The maximum absolute atomic E-state index is 12.9. The molecule has 1 saturated heterocycles. The van der Waals surface area contributed by atoms with E-state index in [1.807, 2.05) is 24.3 Å². The quantitative estimate of drug-likeness (QED) is 0.661. The van der Waals surface area contributed by atoms with Gasteiger partial charge in [-0.1, -0.05) is 23.9 Å². The van der Waals surface area contributed by atoms with Crippen LogP contribution in [0.1, 0.15) is 11.1 Å². The van der Waals surface area contributed by atoms with Crippen molar-refractivity contribution in [2.75, 3.05) is 7.11 Å². The predicted octanol–water partition coefficient (Wildman–Crippen LogP) is 3.00. The molecule has 0 aliphatic carbocycles. The summed E-state index contributed by atoms with van der Waals surface area (Å²) in [5.41, 5.74) is 1.78. The monoisotopic (exact) mass is 357 g/mol. The van der Waals surface area contributed by atoms with Crippen LogP contribution in [0, 0.1) is 5.82 Å². The average Bonchev–Trinajstić information content (AvgIpc) is 2.97. The molecule has 1 fully saturated rings. The molecule has 1 aliphatic rings. The van der Waals surface area contributed by atoms with Crippen molar-refractivity contribution in [2.45, 2.75) is 11.7 Å². The van der Waals surface area contributed by atoms with Crippen LogP contribution < -0.4 is 10.1 Å². The Kier molecular flexibility index (Phi) is 5.45. The van der Waals surface area contributed by atoms with E-state index in [1.165, 1.54) is 23.9 Å². The van der Waals surface area contributed by atoms with Crippen LogP contribution >= 0.6 is 11.8 Å². The molecule has 3 rings (SSSR count). The van der Waals surface area contributed by atoms with Gasteiger partial charge in [0, 0.05) is 0 Å². The smallest absolute Gasteiger partial charge is 0.239 e. The first kappa shape index (κ1) is 17.2. The van der Waals surface area contributed by atoms with Crippen LogP contribution in [0.15, 0.2) is 58.7 Å². The molecule has 1 aliphatic heterocycles. The number of amides is 1. The van der Waals surface area contributed by atoms with Crippen LogP contribution in [0.5, 0.6) is 5.75 Å². The normalized spacial score (nSPS) is 18.7. The molecule has 25 heavy (non-hydrogen) atoms. The Labute approximate surface area is 149 Å². The number of ether oxygens (including phenoxy) is 1. The van der Waals surface area contributed by atoms with Crippen LogP contribution in [0.2, 0.25) is 0 Å². The van der Waals surface area contributed by atoms with Gasteiger partial charge in [-0.25, -0.2) is 4.39 Å². The Bertz CT molecular complexity index is 804. The fourth-order valence-corrected chi connectivity index (χ4v) is 3.22. The second-order valence-corrected chi connectivity index (χ2v) is 6.54. The van der Waals surface area contributed by atoms with Crippen molar-refractivity contribution in [2.24, 2.45) is 10.2 Å². The van der Waals surface area contributed by atoms with Crippen molar-refractivity contribution in [1.29, 1.82) is 0 Å². The molecule has 2 aromatic carbocycles. The number of benzene rings is 2. The minimum atomic E-state index is -0.291. The number of nitrogens with zero attached hydrogens (tertiary/aromatic N) is 2. The third-order valence-corrected chi connectivity index (χ3v) is 4.65. The second kappa shape index (κ2) is 7.94. The van der Waals surface area contributed by atoms with Gasteiger partial charge < -0.3 is 10.1 Å². The fraction of sp³-hybridized carbons (Fsp3) is 0.167. The van der Waals surface area contributed by atoms with Crippen LogP contribution in [0.25, 0.3) is 0 Å². The predicted molar refractivity (Wildman–Crippen MR) is 97.6 cm³/mol. The molecule has 0 radical (unpaired) electrons. The molecular weight excluding hydrogens is 341 g/mol. The number of hydrogen-bond donors (Lipinski definition) is 1. The average molecular weight is 357 g/mol. The van der Waals surface area contributed by atoms with E-state index >= 15 is 0 Å². The number of carbonyl (C=O) groups is 1. The maximum atomic E-state index is 12.9. The first-order chi connectivity index (χ1) is 12.1. The molecule has 0 saturated carbocycles. The van der Waals surface area contributed by atoms with E-state index in [0.29, 0.717) is 11.6 Å². The van der Waals surface area contributed by atoms with Crippen molar-refractivity contribution in [3.63, 3.8) is 0 Å². The van der Waals surface area contributed by atoms with Crippen LogP contribution in [-0.2, 0) is 11.2 Å². The minimum Gasteiger partial charge on any atom is -0.497 e. The largest absolute Gasteiger partial charge is 0.497 e. The highest BCUT2D eigenvalue weighted by Crippen LogP contribution is 2.23. The molecule has 1 unspecified atom stereocenters. The van der Waals surface area contributed by atoms with Gasteiger partial charge in [0.25, 0.3) is 0 Å². The molecule has 1 N–H and O–H groups in total. The lowest BCUT2D eigenvalue weighted by Crippen LogP contribution is -2.25. The number of halogens is 1. The first-order valence-electron chi connectivity index (χ1n) is 7.61. The number of rotatable bonds is 5. The Morgan fingerprint density at radius 3 is 2.60 bits per heavy atom. The van der Waals surface area contributed by atoms with Crippen molar-refractivity contribution in [3.05, 3.63) is 65.5 Å². The van der Waals surface area contributed by atoms with Gasteiger partial charge in [-0.3, -0.25) is 4.79 Å². The van der Waals surface area contributed by atoms with Gasteiger partial charge in [0.05, 0.1) is 18.6 Å². The van der Waals surface area contributed by atoms with Gasteiger partial charge in [0.1, 0.15) is 11.6 Å². The van der Waals surface area contributed by atoms with E-state index in [4.69, 9.17) is 4.74 Å². The molecular formula is C18H16FN3O2S. The molecule has 7 heteroatoms. The van der Waals surface area contributed by atoms with Crippen LogP contribution in [0.3, 0.4) is 0 Å². The van der Waals surface area contributed by atoms with E-state index in [0.717, 1.165) is 16.9 Å². The van der Waals surface area contributed by atoms with Crippen molar-refractivity contribution in [3.8, 4) is 5.75 Å². The zero-order chi connectivity index (χ0) is 17.6. The Hall–Kier alpha value is -2.67. The van der Waals surface area contributed by atoms with Crippen molar-refractivity contribution in [1.82, 2.24) is 5.32 Å². The van der Waals surface area contributed by atoms with E-state index in [1.54, 1.807) is 25.5 Å². The summed E-state index contributed by atoms with van der Waals surface area (Å²) in [5.74, 6) is 0.362. The summed E-state index contributed by atoms with van der Waals surface area (Å²) in [6.07, 6.45) is 2.12. The van der Waals surface area contributed by atoms with Gasteiger partial charge in [0.15, 0.2) is 5.17 Å². The first-order valence-corrected chi connectivity index (χ1v) is 8.49. The summed E-state index contributed by atoms with van der Waals surface area (Å²) >= 11 is 1.32. The molecule has 0 spiro atoms. The summed E-state index contributed by atoms with van der Waals surface area (Å²) in [5, 5.41) is 10.9. The molecule has 0 aromatic heterocycles. The molecule has 128 valence electrons. The lowest BCUT2D eigenvalue weighted by atomic mass is 10.1. The molecule has 1 amide bonds. The van der Waals surface area contributed by atoms with Crippen LogP contribution in [-0.4, -0.2) is 29.6 Å². The van der Waals surface area contributed by atoms with Crippen LogP contribution in [0.4, 0.5) is 4.39 Å². The van der Waals surface area contributed by atoms with Gasteiger partial charge in [0.2, 0.25) is 5.91 Å². The van der Waals surface area contributed by atoms with Gasteiger partial charge >= 0.3 is 0 Å². The van der Waals surface area contributed by atoms with Gasteiger partial charge in [-0.15, -0.1) is 5.10 Å². The highest BCUT2D eigenvalue weighted by Gasteiger charge is 2.30. The summed E-state index contributed by atoms with van der Waals surface area (Å²) < 4.78 is 18.0. The van der Waals surface area contributed by atoms with E-state index < -0.39 is 0 Å². The number of nitrogens with one attached hydrogen (secondary N) is 1. The summed E-state index contributed by atoms with van der Waals surface area (Å²) in [7, 11) is 1.61. The second-order valence-electron chi connectivity index (χ2n) is 5.35. The zero-order valence-electron chi connectivity index (χ0n) is 13.5. The molecule has 1 atom stereocenters. The third-order valence-electron chi connectivity index (χ3n) is 3.58. The molecule has 2 aromatic rings. The van der Waals surface area contributed by atoms with Gasteiger partial charge in [-0.05, 0) is 53.9 Å². The van der Waals surface area contributed by atoms with Crippen molar-refractivity contribution >= 4 is 29.1 Å². The SMILES string of the molecule is COc1ccc(C=NN=C2NC(=O)C(Cc3ccc(F)cc3)S2)cc1. The summed E-state index contributed by atoms with van der Waals surface area (Å²) in [6, 6.07) is 13.5. The molecule has 1 heterocycles. The highest BCUT2D eigenvalue weighted by molar-refractivity contribution is 8.15. The van der Waals surface area contributed by atoms with E-state index in [9.17, 15) is 9.18 Å². The number of hydrogen-bond acceptors (Lipinski definition) is 5. The Morgan fingerprint density at radius 1 is 1.20 bits per heavy atom. The van der Waals surface area contributed by atoms with Gasteiger partial charge in [-0.2, -0.15) is 5.10 Å². The van der Waals surface area contributed by atoms with E-state index in [-0.39, 0.29) is 17.0 Å². The summed E-state index contributed by atoms with van der Waals surface area (Å²) in [6.45, 7) is 0. The highest BCUT2D eigenvalue weighted by atomic mass is 32.2. The maximum Gasteiger partial charge on any atom is 0.239 e. The number of amidine groups is 1. The Morgan fingerprint density at radius 2 is 1.92 bits per heavy atom. The molecule has 5 nitrogen and oxygen atoms in total. The van der Waals surface area contributed by atoms with Crippen molar-refractivity contribution < 1.29 is 13.9 Å². The minimum absolute atomic E-state index is 0.118. The third kappa shape index (κ3) is 4.67. The standard InChI is InChI=1S/C18H16FN3O2S/c1-24-15-8-4-13(5-9-15)11-20-22-18-21-17(23)16(25-18)10-12-2-6-14(19)7-3-12/h2-9,11,16H,10H2,1H3,(H,21,22,23). The summed E-state index contributed by atoms with van der Waals surface area (Å²) in [4.78, 5) is 12.0.